The third kappa shape index (κ3) is 3.82. The number of ether oxygens (including phenoxy) is 1. The number of nitrogens with zero attached hydrogens (tertiary/aromatic N) is 3. The Kier molecular flexibility index (Phi) is 5.07. The number of rotatable bonds is 5. The van der Waals surface area contributed by atoms with Crippen molar-refractivity contribution in [3.63, 3.8) is 0 Å². The van der Waals surface area contributed by atoms with Crippen molar-refractivity contribution in [1.29, 1.82) is 0 Å². The summed E-state index contributed by atoms with van der Waals surface area (Å²) in [5.41, 5.74) is 2.48. The molecule has 0 aliphatic carbocycles. The van der Waals surface area contributed by atoms with Crippen LogP contribution in [0.5, 0.6) is 0 Å². The van der Waals surface area contributed by atoms with E-state index in [9.17, 15) is 9.59 Å². The van der Waals surface area contributed by atoms with Gasteiger partial charge in [0.05, 0.1) is 13.7 Å². The predicted octanol–water partition coefficient (Wildman–Crippen LogP) is 2.67. The third-order valence-electron chi connectivity index (χ3n) is 3.84. The van der Waals surface area contributed by atoms with E-state index in [-0.39, 0.29) is 11.1 Å². The van der Waals surface area contributed by atoms with Crippen molar-refractivity contribution < 1.29 is 14.3 Å². The Morgan fingerprint density at radius 3 is 2.42 bits per heavy atom. The fourth-order valence-corrected chi connectivity index (χ4v) is 2.41. The normalized spacial score (nSPS) is 11.2. The van der Waals surface area contributed by atoms with Crippen LogP contribution in [0, 0.1) is 0 Å². The number of aromatic nitrogens is 2. The Bertz CT molecular complexity index is 727. The number of aryl methyl sites for hydroxylation is 1. The first kappa shape index (κ1) is 17.7. The number of methoxy groups -OCH3 is 1. The highest BCUT2D eigenvalue weighted by Gasteiger charge is 2.18. The van der Waals surface area contributed by atoms with E-state index in [0.29, 0.717) is 12.4 Å². The van der Waals surface area contributed by atoms with Crippen molar-refractivity contribution in [2.45, 2.75) is 32.7 Å². The lowest BCUT2D eigenvalue weighted by Crippen LogP contribution is -2.23. The summed E-state index contributed by atoms with van der Waals surface area (Å²) < 4.78 is 6.15. The van der Waals surface area contributed by atoms with Gasteiger partial charge in [-0.1, -0.05) is 45.0 Å². The first-order chi connectivity index (χ1) is 11.3. The average Bonchev–Trinajstić information content (AvgIpc) is 2.93. The minimum atomic E-state index is -0.530. The molecule has 128 valence electrons. The summed E-state index contributed by atoms with van der Waals surface area (Å²) in [6, 6.07) is 9.70. The van der Waals surface area contributed by atoms with Crippen molar-refractivity contribution >= 4 is 18.2 Å². The molecule has 2 rings (SSSR count). The van der Waals surface area contributed by atoms with Gasteiger partial charge in [0.2, 0.25) is 6.41 Å². The summed E-state index contributed by atoms with van der Waals surface area (Å²) in [7, 11) is 2.98. The maximum absolute atomic E-state index is 11.6. The topological polar surface area (TPSA) is 64.4 Å². The second-order valence-corrected chi connectivity index (χ2v) is 6.68. The predicted molar refractivity (Wildman–Crippen MR) is 91.9 cm³/mol. The van der Waals surface area contributed by atoms with E-state index >= 15 is 0 Å². The zero-order valence-electron chi connectivity index (χ0n) is 14.7. The number of hydrogen-bond acceptors (Lipinski definition) is 4. The second-order valence-electron chi connectivity index (χ2n) is 6.68. The zero-order chi connectivity index (χ0) is 17.9. The first-order valence-corrected chi connectivity index (χ1v) is 7.70. The lowest BCUT2D eigenvalue weighted by Gasteiger charge is -2.20. The molecule has 1 aromatic heterocycles. The minimum absolute atomic E-state index is 0.0837. The fourth-order valence-electron chi connectivity index (χ4n) is 2.41. The highest BCUT2D eigenvalue weighted by Crippen LogP contribution is 2.23. The molecule has 1 heterocycles. The van der Waals surface area contributed by atoms with E-state index in [1.165, 1.54) is 22.3 Å². The van der Waals surface area contributed by atoms with Crippen molar-refractivity contribution in [2.75, 3.05) is 12.0 Å². The van der Waals surface area contributed by atoms with E-state index in [4.69, 9.17) is 0 Å². The second kappa shape index (κ2) is 6.86. The number of esters is 1. The molecule has 0 saturated carbocycles. The summed E-state index contributed by atoms with van der Waals surface area (Å²) in [6.45, 7) is 6.87. The summed E-state index contributed by atoms with van der Waals surface area (Å²) in [6.07, 6.45) is 0.732. The van der Waals surface area contributed by atoms with E-state index < -0.39 is 5.97 Å². The quantitative estimate of drug-likeness (QED) is 0.625. The van der Waals surface area contributed by atoms with Crippen molar-refractivity contribution in [3.05, 3.63) is 47.2 Å². The van der Waals surface area contributed by atoms with Crippen LogP contribution in [0.3, 0.4) is 0 Å². The SMILES string of the molecule is COC(=O)c1cc(N(C=O)Cc2ccc(C(C)(C)C)cc2)n(C)n1. The number of amides is 1. The minimum Gasteiger partial charge on any atom is -0.464 e. The van der Waals surface area contributed by atoms with Crippen LogP contribution in [0.1, 0.15) is 42.4 Å². The standard InChI is InChI=1S/C18H23N3O3/c1-18(2,3)14-8-6-13(7-9-14)11-21(12-22)16-10-15(17(23)24-5)19-20(16)4/h6-10,12H,11H2,1-5H3. The van der Waals surface area contributed by atoms with Gasteiger partial charge in [0.1, 0.15) is 5.82 Å². The van der Waals surface area contributed by atoms with Crippen LogP contribution < -0.4 is 4.90 Å². The first-order valence-electron chi connectivity index (χ1n) is 7.70. The van der Waals surface area contributed by atoms with Crippen molar-refractivity contribution in [1.82, 2.24) is 9.78 Å². The molecule has 0 atom stereocenters. The number of anilines is 1. The zero-order valence-corrected chi connectivity index (χ0v) is 14.7. The monoisotopic (exact) mass is 329 g/mol. The Balaban J connectivity index is 2.22. The lowest BCUT2D eigenvalue weighted by molar-refractivity contribution is -0.107. The molecule has 24 heavy (non-hydrogen) atoms. The van der Waals surface area contributed by atoms with Gasteiger partial charge in [-0.25, -0.2) is 4.79 Å². The summed E-state index contributed by atoms with van der Waals surface area (Å²) in [4.78, 5) is 24.6. The van der Waals surface area contributed by atoms with E-state index in [0.717, 1.165) is 12.0 Å². The van der Waals surface area contributed by atoms with Gasteiger partial charge in [-0.3, -0.25) is 14.4 Å². The number of hydrogen-bond donors (Lipinski definition) is 0. The van der Waals surface area contributed by atoms with Crippen molar-refractivity contribution in [3.8, 4) is 0 Å². The van der Waals surface area contributed by atoms with Crippen LogP contribution >= 0.6 is 0 Å². The van der Waals surface area contributed by atoms with Crippen molar-refractivity contribution in [2.24, 2.45) is 7.05 Å². The molecule has 1 amide bonds. The Labute approximate surface area is 142 Å². The largest absolute Gasteiger partial charge is 0.464 e. The summed E-state index contributed by atoms with van der Waals surface area (Å²) in [5.74, 6) is 0.00234. The van der Waals surface area contributed by atoms with Gasteiger partial charge in [-0.15, -0.1) is 0 Å². The highest BCUT2D eigenvalue weighted by atomic mass is 16.5. The molecule has 0 aliphatic rings. The molecule has 0 fully saturated rings. The Hall–Kier alpha value is -2.63. The summed E-state index contributed by atoms with van der Waals surface area (Å²) in [5, 5.41) is 4.08. The molecule has 0 radical (unpaired) electrons. The van der Waals surface area contributed by atoms with Gasteiger partial charge in [0.25, 0.3) is 0 Å². The third-order valence-corrected chi connectivity index (χ3v) is 3.84. The van der Waals surface area contributed by atoms with Crippen LogP contribution in [0.4, 0.5) is 5.82 Å². The van der Waals surface area contributed by atoms with Crippen LogP contribution in [0.15, 0.2) is 30.3 Å². The molecule has 0 N–H and O–H groups in total. The molecular formula is C18H23N3O3. The molecule has 0 spiro atoms. The molecule has 1 aromatic carbocycles. The molecule has 6 nitrogen and oxygen atoms in total. The van der Waals surface area contributed by atoms with Gasteiger partial charge in [-0.2, -0.15) is 5.10 Å². The molecule has 0 bridgehead atoms. The highest BCUT2D eigenvalue weighted by molar-refractivity contribution is 5.89. The van der Waals surface area contributed by atoms with Gasteiger partial charge < -0.3 is 4.74 Å². The van der Waals surface area contributed by atoms with E-state index in [2.05, 4.69) is 42.7 Å². The van der Waals surface area contributed by atoms with E-state index in [1.54, 1.807) is 13.1 Å². The van der Waals surface area contributed by atoms with Crippen LogP contribution in [0.25, 0.3) is 0 Å². The molecule has 0 unspecified atom stereocenters. The maximum Gasteiger partial charge on any atom is 0.358 e. The molecule has 0 aliphatic heterocycles. The number of carbonyl (C=O) groups excluding carboxylic acids is 2. The summed E-state index contributed by atoms with van der Waals surface area (Å²) >= 11 is 0. The number of carbonyl (C=O) groups is 2. The van der Waals surface area contributed by atoms with Crippen LogP contribution in [0.2, 0.25) is 0 Å². The molecule has 2 aromatic rings. The van der Waals surface area contributed by atoms with Gasteiger partial charge >= 0.3 is 5.97 Å². The molecular weight excluding hydrogens is 306 g/mol. The van der Waals surface area contributed by atoms with Crippen LogP contribution in [-0.2, 0) is 28.5 Å². The Morgan fingerprint density at radius 2 is 1.92 bits per heavy atom. The number of benzene rings is 1. The van der Waals surface area contributed by atoms with Crippen LogP contribution in [-0.4, -0.2) is 29.3 Å². The van der Waals surface area contributed by atoms with Gasteiger partial charge in [0, 0.05) is 13.1 Å². The smallest absolute Gasteiger partial charge is 0.358 e. The van der Waals surface area contributed by atoms with Gasteiger partial charge in [-0.05, 0) is 16.5 Å². The fraction of sp³-hybridized carbons (Fsp3) is 0.389. The average molecular weight is 329 g/mol. The maximum atomic E-state index is 11.6. The lowest BCUT2D eigenvalue weighted by atomic mass is 9.87. The molecule has 6 heteroatoms. The van der Waals surface area contributed by atoms with Gasteiger partial charge in [0.15, 0.2) is 5.69 Å². The van der Waals surface area contributed by atoms with E-state index in [1.807, 2.05) is 12.1 Å². The Morgan fingerprint density at radius 1 is 1.29 bits per heavy atom. The molecule has 0 saturated heterocycles.